The van der Waals surface area contributed by atoms with Crippen LogP contribution in [-0.2, 0) is 19.7 Å². The summed E-state index contributed by atoms with van der Waals surface area (Å²) in [4.78, 5) is 3.78. The summed E-state index contributed by atoms with van der Waals surface area (Å²) >= 11 is 0. The van der Waals surface area contributed by atoms with Crippen molar-refractivity contribution < 1.29 is 30.5 Å². The van der Waals surface area contributed by atoms with Crippen molar-refractivity contribution >= 4 is 30.4 Å². The minimum absolute atomic E-state index is 1.75. The average Bonchev–Trinajstić information content (AvgIpc) is 2.01. The third-order valence-corrected chi connectivity index (χ3v) is 0.566. The summed E-state index contributed by atoms with van der Waals surface area (Å²) in [5.41, 5.74) is 0. The Morgan fingerprint density at radius 2 is 1.12 bits per heavy atom. The fourth-order valence-corrected chi connectivity index (χ4v) is 0.313. The fraction of sp³-hybridized carbons (Fsp3) is 0. The van der Waals surface area contributed by atoms with Crippen molar-refractivity contribution in [3.63, 3.8) is 0 Å². The van der Waals surface area contributed by atoms with Crippen LogP contribution in [0.2, 0.25) is 0 Å². The molecule has 94 valence electrons. The molecule has 0 spiro atoms. The number of hydrogen-bond acceptors (Lipinski definition) is 5. The Kier molecular flexibility index (Phi) is 9.22. The van der Waals surface area contributed by atoms with Gasteiger partial charge >= 0.3 is 19.7 Å². The molecule has 11 heteroatoms. The summed E-state index contributed by atoms with van der Waals surface area (Å²) in [5.74, 6) is 0. The molecule has 0 amide bonds. The van der Waals surface area contributed by atoms with Crippen LogP contribution >= 0.6 is 10.7 Å². The topological polar surface area (TPSA) is 142 Å². The molecule has 0 atom stereocenters. The highest BCUT2D eigenvalue weighted by molar-refractivity contribution is 8.09. The third-order valence-electron chi connectivity index (χ3n) is 0.566. The second-order valence-electron chi connectivity index (χ2n) is 1.88. The number of aromatic nitrogens is 1. The molecule has 0 aliphatic rings. The first-order valence-corrected chi connectivity index (χ1v) is 6.88. The Morgan fingerprint density at radius 3 is 1.19 bits per heavy atom. The zero-order valence-electron chi connectivity index (χ0n) is 7.50. The van der Waals surface area contributed by atoms with E-state index in [1.54, 1.807) is 12.4 Å². The summed E-state index contributed by atoms with van der Waals surface area (Å²) in [6.07, 6.45) is 3.50. The molecular formula is C5H8ClNO7S2. The smallest absolute Gasteiger partial charge is 0.273 e. The summed E-state index contributed by atoms with van der Waals surface area (Å²) in [6.45, 7) is 0. The molecule has 0 unspecified atom stereocenters. The number of halogens is 1. The number of nitrogens with zero attached hydrogens (tertiary/aromatic N) is 1. The molecule has 0 saturated heterocycles. The largest absolute Gasteiger partial charge is 0.394 e. The third kappa shape index (κ3) is 72.4. The maximum atomic E-state index is 8.95. The molecule has 3 N–H and O–H groups in total. The average molecular weight is 294 g/mol. The zero-order chi connectivity index (χ0) is 13.2. The van der Waals surface area contributed by atoms with Crippen LogP contribution in [0.3, 0.4) is 0 Å². The van der Waals surface area contributed by atoms with Gasteiger partial charge < -0.3 is 0 Å². The van der Waals surface area contributed by atoms with Crippen LogP contribution in [0.5, 0.6) is 0 Å². The predicted octanol–water partition coefficient (Wildman–Crippen LogP) is 0.457. The van der Waals surface area contributed by atoms with Crippen molar-refractivity contribution in [2.24, 2.45) is 0 Å². The molecule has 0 radical (unpaired) electrons. The highest BCUT2D eigenvalue weighted by Crippen LogP contribution is 1.82. The normalized spacial score (nSPS) is 10.2. The van der Waals surface area contributed by atoms with E-state index in [1.165, 1.54) is 0 Å². The monoisotopic (exact) mass is 293 g/mol. The first-order chi connectivity index (χ1) is 7.00. The quantitative estimate of drug-likeness (QED) is 0.462. The lowest BCUT2D eigenvalue weighted by atomic mass is 10.5. The predicted molar refractivity (Wildman–Crippen MR) is 55.8 cm³/mol. The first-order valence-electron chi connectivity index (χ1n) is 3.22. The maximum absolute atomic E-state index is 8.95. The van der Waals surface area contributed by atoms with Crippen LogP contribution < -0.4 is 0 Å². The van der Waals surface area contributed by atoms with E-state index >= 15 is 0 Å². The van der Waals surface area contributed by atoms with E-state index in [0.29, 0.717) is 0 Å². The van der Waals surface area contributed by atoms with E-state index in [-0.39, 0.29) is 0 Å². The van der Waals surface area contributed by atoms with Crippen LogP contribution in [0, 0.1) is 0 Å². The zero-order valence-corrected chi connectivity index (χ0v) is 9.89. The van der Waals surface area contributed by atoms with Crippen LogP contribution in [0.25, 0.3) is 0 Å². The second kappa shape index (κ2) is 8.38. The van der Waals surface area contributed by atoms with E-state index in [9.17, 15) is 0 Å². The summed E-state index contributed by atoms with van der Waals surface area (Å²) < 4.78 is 56.7. The van der Waals surface area contributed by atoms with Gasteiger partial charge in [0.1, 0.15) is 0 Å². The van der Waals surface area contributed by atoms with Crippen molar-refractivity contribution in [2.45, 2.75) is 0 Å². The van der Waals surface area contributed by atoms with Gasteiger partial charge in [-0.1, -0.05) is 6.07 Å². The van der Waals surface area contributed by atoms with E-state index < -0.39 is 19.7 Å². The Balaban J connectivity index is 0. The van der Waals surface area contributed by atoms with Crippen LogP contribution in [0.4, 0.5) is 0 Å². The Labute approximate surface area is 96.7 Å². The molecule has 0 bridgehead atoms. The fourth-order valence-electron chi connectivity index (χ4n) is 0.313. The van der Waals surface area contributed by atoms with Gasteiger partial charge in [0.2, 0.25) is 0 Å². The van der Waals surface area contributed by atoms with E-state index in [4.69, 9.17) is 30.5 Å². The molecule has 1 aromatic heterocycles. The second-order valence-corrected chi connectivity index (χ2v) is 4.77. The van der Waals surface area contributed by atoms with E-state index in [2.05, 4.69) is 15.7 Å². The summed E-state index contributed by atoms with van der Waals surface area (Å²) in [7, 11) is -4.80. The van der Waals surface area contributed by atoms with E-state index in [1.807, 2.05) is 18.2 Å². The maximum Gasteiger partial charge on any atom is 0.394 e. The molecular weight excluding hydrogens is 286 g/mol. The van der Waals surface area contributed by atoms with Gasteiger partial charge in [-0.05, 0) is 12.1 Å². The SMILES string of the molecule is O=S(=O)(O)Cl.O=S(=O)(O)O.c1ccncc1. The van der Waals surface area contributed by atoms with Gasteiger partial charge in [-0.25, -0.2) is 0 Å². The first kappa shape index (κ1) is 17.6. The molecule has 1 aromatic rings. The Bertz CT molecular complexity index is 384. The van der Waals surface area contributed by atoms with Gasteiger partial charge in [-0.2, -0.15) is 16.8 Å². The lowest BCUT2D eigenvalue weighted by Crippen LogP contribution is -1.89. The summed E-state index contributed by atoms with van der Waals surface area (Å²) in [5, 5.41) is 0. The van der Waals surface area contributed by atoms with Crippen molar-refractivity contribution in [1.82, 2.24) is 4.98 Å². The van der Waals surface area contributed by atoms with Crippen LogP contribution in [0.15, 0.2) is 30.6 Å². The van der Waals surface area contributed by atoms with Gasteiger partial charge in [0, 0.05) is 23.1 Å². The summed E-state index contributed by atoms with van der Waals surface area (Å²) in [6, 6.07) is 5.72. The van der Waals surface area contributed by atoms with Gasteiger partial charge in [0.25, 0.3) is 0 Å². The highest BCUT2D eigenvalue weighted by Gasteiger charge is 1.86. The highest BCUT2D eigenvalue weighted by atomic mass is 35.7. The number of hydrogen-bond donors (Lipinski definition) is 3. The lowest BCUT2D eigenvalue weighted by molar-refractivity contribution is 0.381. The van der Waals surface area contributed by atoms with Gasteiger partial charge in [-0.3, -0.25) is 18.6 Å². The van der Waals surface area contributed by atoms with Gasteiger partial charge in [0.05, 0.1) is 0 Å². The van der Waals surface area contributed by atoms with Crippen molar-refractivity contribution in [1.29, 1.82) is 0 Å². The van der Waals surface area contributed by atoms with Crippen molar-refractivity contribution in [3.8, 4) is 0 Å². The minimum Gasteiger partial charge on any atom is -0.273 e. The molecule has 0 aliphatic carbocycles. The minimum atomic E-state index is -4.67. The molecule has 0 saturated carbocycles. The van der Waals surface area contributed by atoms with Crippen LogP contribution in [0.1, 0.15) is 0 Å². The number of pyridine rings is 1. The van der Waals surface area contributed by atoms with Crippen molar-refractivity contribution in [2.75, 3.05) is 0 Å². The lowest BCUT2D eigenvalue weighted by Gasteiger charge is -1.70. The standard InChI is InChI=1S/C5H5N.ClHO3S.H2O4S/c1-2-4-6-5-3-1;2*1-5(2,3)4/h1-5H;(H,2,3,4);(H2,1,2,3,4). The van der Waals surface area contributed by atoms with Crippen molar-refractivity contribution in [3.05, 3.63) is 30.6 Å². The Morgan fingerprint density at radius 1 is 0.875 bits per heavy atom. The molecule has 1 rings (SSSR count). The van der Waals surface area contributed by atoms with Crippen LogP contribution in [-0.4, -0.2) is 35.5 Å². The number of rotatable bonds is 0. The van der Waals surface area contributed by atoms with E-state index in [0.717, 1.165) is 0 Å². The molecule has 8 nitrogen and oxygen atoms in total. The molecule has 16 heavy (non-hydrogen) atoms. The molecule has 0 aromatic carbocycles. The van der Waals surface area contributed by atoms with Gasteiger partial charge in [-0.15, -0.1) is 0 Å². The molecule has 0 fully saturated rings. The Hall–Kier alpha value is -0.780. The molecule has 1 heterocycles. The molecule has 0 aliphatic heterocycles. The van der Waals surface area contributed by atoms with Gasteiger partial charge in [0.15, 0.2) is 0 Å².